The summed E-state index contributed by atoms with van der Waals surface area (Å²) in [5.74, 6) is 2.60. The number of carbonyl (C=O) groups excluding carboxylic acids is 1. The fourth-order valence-corrected chi connectivity index (χ4v) is 11.8. The van der Waals surface area contributed by atoms with E-state index in [9.17, 15) is 9.90 Å². The van der Waals surface area contributed by atoms with Crippen molar-refractivity contribution in [1.29, 1.82) is 0 Å². The van der Waals surface area contributed by atoms with Crippen LogP contribution in [-0.4, -0.2) is 23.8 Å². The monoisotopic (exact) mass is 496 g/mol. The van der Waals surface area contributed by atoms with Crippen LogP contribution < -0.4 is 0 Å². The minimum absolute atomic E-state index is 0.0147. The van der Waals surface area contributed by atoms with Crippen molar-refractivity contribution in [3.05, 3.63) is 24.8 Å². The Morgan fingerprint density at radius 1 is 0.917 bits per heavy atom. The van der Waals surface area contributed by atoms with Gasteiger partial charge in [-0.2, -0.15) is 0 Å². The molecule has 0 heterocycles. The SMILES string of the molecule is C=CCOC(=O)C12CC[C@@H](C(=C)C)C1[C@H]1CCC3[C@@]4(C)CC[C@H](O)C(C)(C)C4CC[C@@]3(C)[C@]1(C)CC2. The van der Waals surface area contributed by atoms with Gasteiger partial charge in [-0.1, -0.05) is 59.4 Å². The molecule has 3 nitrogen and oxygen atoms in total. The third kappa shape index (κ3) is 3.23. The highest BCUT2D eigenvalue weighted by Gasteiger charge is 2.72. The van der Waals surface area contributed by atoms with Crippen molar-refractivity contribution in [2.24, 2.45) is 56.7 Å². The van der Waals surface area contributed by atoms with Crippen LogP contribution in [0.2, 0.25) is 0 Å². The molecule has 1 N–H and O–H groups in total. The lowest BCUT2D eigenvalue weighted by atomic mass is 9.32. The summed E-state index contributed by atoms with van der Waals surface area (Å²) in [5, 5.41) is 11.0. The Morgan fingerprint density at radius 2 is 1.64 bits per heavy atom. The molecule has 0 saturated heterocycles. The number of hydrogen-bond donors (Lipinski definition) is 1. The number of hydrogen-bond acceptors (Lipinski definition) is 3. The van der Waals surface area contributed by atoms with E-state index in [2.05, 4.69) is 54.7 Å². The zero-order valence-electron chi connectivity index (χ0n) is 24.0. The summed E-state index contributed by atoms with van der Waals surface area (Å²) in [6.07, 6.45) is 12.7. The van der Waals surface area contributed by atoms with Gasteiger partial charge in [0.25, 0.3) is 0 Å². The van der Waals surface area contributed by atoms with Crippen LogP contribution in [0.25, 0.3) is 0 Å². The van der Waals surface area contributed by atoms with Crippen LogP contribution in [0.4, 0.5) is 0 Å². The second kappa shape index (κ2) is 8.45. The summed E-state index contributed by atoms with van der Waals surface area (Å²) in [4.78, 5) is 13.7. The van der Waals surface area contributed by atoms with Crippen molar-refractivity contribution in [3.8, 4) is 0 Å². The number of rotatable bonds is 4. The number of aliphatic hydroxyl groups is 1. The van der Waals surface area contributed by atoms with Crippen molar-refractivity contribution in [2.45, 2.75) is 112 Å². The number of ether oxygens (including phenoxy) is 1. The van der Waals surface area contributed by atoms with E-state index in [1.165, 1.54) is 31.3 Å². The summed E-state index contributed by atoms with van der Waals surface area (Å²) >= 11 is 0. The van der Waals surface area contributed by atoms with Gasteiger partial charge in [-0.05, 0) is 122 Å². The van der Waals surface area contributed by atoms with E-state index in [-0.39, 0.29) is 39.1 Å². The highest BCUT2D eigenvalue weighted by Crippen LogP contribution is 2.77. The lowest BCUT2D eigenvalue weighted by Crippen LogP contribution is -2.67. The molecule has 0 radical (unpaired) electrons. The van der Waals surface area contributed by atoms with Gasteiger partial charge in [-0.3, -0.25) is 4.79 Å². The quantitative estimate of drug-likeness (QED) is 0.320. The molecule has 0 aliphatic heterocycles. The van der Waals surface area contributed by atoms with Crippen molar-refractivity contribution in [2.75, 3.05) is 6.61 Å². The molecule has 0 spiro atoms. The summed E-state index contributed by atoms with van der Waals surface area (Å²) in [7, 11) is 0. The molecule has 0 aromatic carbocycles. The first-order chi connectivity index (χ1) is 16.8. The molecule has 10 atom stereocenters. The highest BCUT2D eigenvalue weighted by atomic mass is 16.5. The van der Waals surface area contributed by atoms with E-state index < -0.39 is 0 Å². The van der Waals surface area contributed by atoms with Crippen LogP contribution in [0.3, 0.4) is 0 Å². The normalized spacial score (nSPS) is 51.2. The molecule has 5 aliphatic carbocycles. The first kappa shape index (κ1) is 26.5. The Balaban J connectivity index is 1.54. The number of esters is 1. The van der Waals surface area contributed by atoms with E-state index in [0.717, 1.165) is 38.5 Å². The Morgan fingerprint density at radius 3 is 2.31 bits per heavy atom. The van der Waals surface area contributed by atoms with Crippen LogP contribution in [0, 0.1) is 56.7 Å². The molecule has 36 heavy (non-hydrogen) atoms. The largest absolute Gasteiger partial charge is 0.461 e. The van der Waals surface area contributed by atoms with Gasteiger partial charge in [-0.25, -0.2) is 0 Å². The van der Waals surface area contributed by atoms with Gasteiger partial charge < -0.3 is 9.84 Å². The van der Waals surface area contributed by atoms with Crippen molar-refractivity contribution < 1.29 is 14.6 Å². The Kier molecular flexibility index (Phi) is 6.23. The number of carbonyl (C=O) groups is 1. The predicted octanol–water partition coefficient (Wildman–Crippen LogP) is 7.73. The summed E-state index contributed by atoms with van der Waals surface area (Å²) < 4.78 is 5.82. The van der Waals surface area contributed by atoms with Crippen LogP contribution in [-0.2, 0) is 9.53 Å². The molecular formula is C33H52O3. The highest BCUT2D eigenvalue weighted by molar-refractivity contribution is 5.78. The maximum atomic E-state index is 13.7. The molecule has 4 unspecified atom stereocenters. The number of aliphatic hydroxyl groups excluding tert-OH is 1. The Hall–Kier alpha value is -1.09. The second-order valence-electron chi connectivity index (χ2n) is 15.1. The van der Waals surface area contributed by atoms with Gasteiger partial charge >= 0.3 is 5.97 Å². The maximum Gasteiger partial charge on any atom is 0.312 e. The van der Waals surface area contributed by atoms with Crippen LogP contribution >= 0.6 is 0 Å². The fourth-order valence-electron chi connectivity index (χ4n) is 11.8. The smallest absolute Gasteiger partial charge is 0.312 e. The molecule has 3 heteroatoms. The van der Waals surface area contributed by atoms with E-state index in [1.807, 2.05) is 0 Å². The standard InChI is InChI=1S/C33H52O3/c1-9-20-36-28(35)33-17-12-22(21(2)3)27(33)23-10-11-25-30(6)15-14-26(34)29(4,5)24(30)13-16-32(25,8)31(23,7)18-19-33/h9,22-27,34H,1-2,10-20H2,3-8H3/t22-,23+,24?,25?,26-,27?,30-,31+,32+,33?/m0/s1. The molecule has 5 fully saturated rings. The Labute approximate surface area is 220 Å². The van der Waals surface area contributed by atoms with Crippen LogP contribution in [0.1, 0.15) is 106 Å². The van der Waals surface area contributed by atoms with Gasteiger partial charge in [-0.15, -0.1) is 0 Å². The topological polar surface area (TPSA) is 46.5 Å². The molecular weight excluding hydrogens is 444 g/mol. The van der Waals surface area contributed by atoms with Gasteiger partial charge in [0.1, 0.15) is 6.61 Å². The third-order valence-corrected chi connectivity index (χ3v) is 13.8. The van der Waals surface area contributed by atoms with Crippen LogP contribution in [0.15, 0.2) is 24.8 Å². The second-order valence-corrected chi connectivity index (χ2v) is 15.1. The average Bonchev–Trinajstić information content (AvgIpc) is 3.22. The third-order valence-electron chi connectivity index (χ3n) is 13.8. The van der Waals surface area contributed by atoms with Crippen molar-refractivity contribution in [3.63, 3.8) is 0 Å². The summed E-state index contributed by atoms with van der Waals surface area (Å²) in [5.41, 5.74) is 1.66. The van der Waals surface area contributed by atoms with Gasteiger partial charge in [0.2, 0.25) is 0 Å². The molecule has 5 rings (SSSR count). The van der Waals surface area contributed by atoms with Crippen molar-refractivity contribution in [1.82, 2.24) is 0 Å². The molecule has 5 saturated carbocycles. The first-order valence-corrected chi connectivity index (χ1v) is 14.9. The van der Waals surface area contributed by atoms with Gasteiger partial charge in [0.15, 0.2) is 0 Å². The van der Waals surface area contributed by atoms with E-state index in [4.69, 9.17) is 4.74 Å². The lowest BCUT2D eigenvalue weighted by molar-refractivity contribution is -0.248. The van der Waals surface area contributed by atoms with Gasteiger partial charge in [0.05, 0.1) is 11.5 Å². The van der Waals surface area contributed by atoms with E-state index in [0.29, 0.717) is 36.2 Å². The molecule has 0 amide bonds. The number of allylic oxidation sites excluding steroid dienone is 1. The summed E-state index contributed by atoms with van der Waals surface area (Å²) in [6, 6.07) is 0. The zero-order chi connectivity index (χ0) is 26.3. The minimum atomic E-state index is -0.349. The maximum absolute atomic E-state index is 13.7. The number of fused-ring (bicyclic) bond motifs is 7. The van der Waals surface area contributed by atoms with Crippen molar-refractivity contribution >= 4 is 5.97 Å². The fraction of sp³-hybridized carbons (Fsp3) is 0.848. The zero-order valence-corrected chi connectivity index (χ0v) is 24.0. The molecule has 0 aromatic heterocycles. The van der Waals surface area contributed by atoms with E-state index >= 15 is 0 Å². The summed E-state index contributed by atoms with van der Waals surface area (Å²) in [6.45, 7) is 23.2. The predicted molar refractivity (Wildman–Crippen MR) is 146 cm³/mol. The molecule has 5 aliphatic rings. The first-order valence-electron chi connectivity index (χ1n) is 14.9. The Bertz CT molecular complexity index is 935. The lowest BCUT2D eigenvalue weighted by Gasteiger charge is -2.72. The molecule has 202 valence electrons. The van der Waals surface area contributed by atoms with Gasteiger partial charge in [0, 0.05) is 0 Å². The average molecular weight is 497 g/mol. The van der Waals surface area contributed by atoms with E-state index in [1.54, 1.807) is 6.08 Å². The minimum Gasteiger partial charge on any atom is -0.461 e. The molecule has 0 aromatic rings. The molecule has 0 bridgehead atoms. The van der Waals surface area contributed by atoms with Crippen LogP contribution in [0.5, 0.6) is 0 Å².